The van der Waals surface area contributed by atoms with Crippen molar-refractivity contribution >= 4 is 29.1 Å². The molecule has 1 fully saturated rings. The quantitative estimate of drug-likeness (QED) is 0.909. The Hall–Kier alpha value is -0.970. The Morgan fingerprint density at radius 2 is 1.77 bits per heavy atom. The van der Waals surface area contributed by atoms with Crippen LogP contribution in [0.4, 0.5) is 0 Å². The third kappa shape index (κ3) is 4.51. The molecule has 0 aliphatic carbocycles. The minimum Gasteiger partial charge on any atom is -0.481 e. The molecule has 0 radical (unpaired) electrons. The summed E-state index contributed by atoms with van der Waals surface area (Å²) in [6.45, 7) is 4.82. The van der Waals surface area contributed by atoms with Crippen molar-refractivity contribution in [1.82, 2.24) is 4.90 Å². The van der Waals surface area contributed by atoms with Crippen LogP contribution in [0, 0.1) is 5.92 Å². The molecule has 1 amide bonds. The van der Waals surface area contributed by atoms with Crippen LogP contribution in [0.5, 0.6) is 5.75 Å². The predicted octanol–water partition coefficient (Wildman–Crippen LogP) is 3.38. The van der Waals surface area contributed by atoms with Crippen LogP contribution in [0.1, 0.15) is 26.7 Å². The van der Waals surface area contributed by atoms with E-state index in [1.807, 2.05) is 0 Å². The van der Waals surface area contributed by atoms with Gasteiger partial charge in [-0.05, 0) is 50.8 Å². The molecule has 2 atom stereocenters. The molecular formula is C16H21Cl2NO3. The minimum atomic E-state index is -0.599. The number of likely N-dealkylation sites (tertiary alicyclic amines) is 1. The summed E-state index contributed by atoms with van der Waals surface area (Å²) in [5, 5.41) is 10.5. The Labute approximate surface area is 141 Å². The highest BCUT2D eigenvalue weighted by atomic mass is 35.5. The number of hydrogen-bond acceptors (Lipinski definition) is 3. The number of amides is 1. The highest BCUT2D eigenvalue weighted by molar-refractivity contribution is 6.34. The molecule has 6 heteroatoms. The van der Waals surface area contributed by atoms with Gasteiger partial charge in [-0.3, -0.25) is 4.79 Å². The number of piperidine rings is 1. The zero-order valence-electron chi connectivity index (χ0n) is 12.8. The monoisotopic (exact) mass is 345 g/mol. The van der Waals surface area contributed by atoms with Crippen LogP contribution in [0.15, 0.2) is 18.2 Å². The van der Waals surface area contributed by atoms with Crippen molar-refractivity contribution in [1.29, 1.82) is 0 Å². The third-order valence-corrected chi connectivity index (χ3v) is 4.47. The highest BCUT2D eigenvalue weighted by Gasteiger charge is 2.28. The van der Waals surface area contributed by atoms with E-state index in [9.17, 15) is 9.90 Å². The van der Waals surface area contributed by atoms with Gasteiger partial charge in [0.25, 0.3) is 5.91 Å². The number of rotatable bonds is 4. The largest absolute Gasteiger partial charge is 0.481 e. The summed E-state index contributed by atoms with van der Waals surface area (Å²) in [6, 6.07) is 4.89. The van der Waals surface area contributed by atoms with E-state index in [4.69, 9.17) is 27.9 Å². The fraction of sp³-hybridized carbons (Fsp3) is 0.562. The van der Waals surface area contributed by atoms with Crippen LogP contribution in [0.3, 0.4) is 0 Å². The number of aliphatic hydroxyl groups excluding tert-OH is 1. The van der Waals surface area contributed by atoms with E-state index in [1.54, 1.807) is 36.9 Å². The number of benzene rings is 1. The molecule has 1 saturated heterocycles. The van der Waals surface area contributed by atoms with Gasteiger partial charge in [0.05, 0.1) is 6.10 Å². The molecule has 0 saturated carbocycles. The normalized spacial score (nSPS) is 18.9. The standard InChI is InChI=1S/C16H21Cl2NO3/c1-10(20)12-3-5-19(6-4-12)16(21)11(2)22-15-8-13(17)7-14(18)9-15/h7-12,20H,3-6H2,1-2H3. The van der Waals surface area contributed by atoms with Crippen molar-refractivity contribution in [2.45, 2.75) is 38.9 Å². The summed E-state index contributed by atoms with van der Waals surface area (Å²) in [6.07, 6.45) is 0.718. The highest BCUT2D eigenvalue weighted by Crippen LogP contribution is 2.26. The number of carbonyl (C=O) groups is 1. The predicted molar refractivity (Wildman–Crippen MR) is 87.5 cm³/mol. The van der Waals surface area contributed by atoms with Gasteiger partial charge in [-0.2, -0.15) is 0 Å². The molecular weight excluding hydrogens is 325 g/mol. The molecule has 4 nitrogen and oxygen atoms in total. The van der Waals surface area contributed by atoms with Crippen LogP contribution in [-0.2, 0) is 4.79 Å². The van der Waals surface area contributed by atoms with E-state index in [0.29, 0.717) is 28.9 Å². The number of hydrogen-bond donors (Lipinski definition) is 1. The second kappa shape index (κ2) is 7.53. The molecule has 1 aliphatic heterocycles. The lowest BCUT2D eigenvalue weighted by Gasteiger charge is -2.34. The summed E-state index contributed by atoms with van der Waals surface area (Å²) >= 11 is 11.8. The minimum absolute atomic E-state index is 0.0554. The van der Waals surface area contributed by atoms with Crippen molar-refractivity contribution in [3.05, 3.63) is 28.2 Å². The van der Waals surface area contributed by atoms with Crippen LogP contribution >= 0.6 is 23.2 Å². The van der Waals surface area contributed by atoms with Gasteiger partial charge in [0, 0.05) is 23.1 Å². The topological polar surface area (TPSA) is 49.8 Å². The number of aliphatic hydroxyl groups is 1. The van der Waals surface area contributed by atoms with Crippen molar-refractivity contribution in [3.63, 3.8) is 0 Å². The third-order valence-electron chi connectivity index (χ3n) is 4.03. The Bertz CT molecular complexity index is 508. The smallest absolute Gasteiger partial charge is 0.263 e. The molecule has 0 bridgehead atoms. The first kappa shape index (κ1) is 17.4. The van der Waals surface area contributed by atoms with E-state index in [0.717, 1.165) is 12.8 Å². The van der Waals surface area contributed by atoms with E-state index in [1.165, 1.54) is 0 Å². The maximum atomic E-state index is 12.4. The van der Waals surface area contributed by atoms with Gasteiger partial charge in [0.15, 0.2) is 6.10 Å². The first-order chi connectivity index (χ1) is 10.4. The van der Waals surface area contributed by atoms with Crippen molar-refractivity contribution in [2.24, 2.45) is 5.92 Å². The van der Waals surface area contributed by atoms with E-state index in [2.05, 4.69) is 0 Å². The molecule has 2 rings (SSSR count). The second-order valence-corrected chi connectivity index (χ2v) is 6.64. The van der Waals surface area contributed by atoms with Crippen LogP contribution < -0.4 is 4.74 Å². The van der Waals surface area contributed by atoms with Gasteiger partial charge in [0.1, 0.15) is 5.75 Å². The van der Waals surface area contributed by atoms with Gasteiger partial charge in [-0.1, -0.05) is 23.2 Å². The lowest BCUT2D eigenvalue weighted by atomic mass is 9.92. The van der Waals surface area contributed by atoms with Crippen molar-refractivity contribution in [3.8, 4) is 5.75 Å². The Morgan fingerprint density at radius 3 is 2.27 bits per heavy atom. The van der Waals surface area contributed by atoms with Crippen LogP contribution in [0.25, 0.3) is 0 Å². The van der Waals surface area contributed by atoms with Crippen molar-refractivity contribution < 1.29 is 14.6 Å². The van der Waals surface area contributed by atoms with Crippen molar-refractivity contribution in [2.75, 3.05) is 13.1 Å². The number of nitrogens with zero attached hydrogens (tertiary/aromatic N) is 1. The average molecular weight is 346 g/mol. The number of carbonyl (C=O) groups excluding carboxylic acids is 1. The fourth-order valence-electron chi connectivity index (χ4n) is 2.71. The first-order valence-electron chi connectivity index (χ1n) is 7.46. The molecule has 1 heterocycles. The van der Waals surface area contributed by atoms with Gasteiger partial charge in [-0.25, -0.2) is 0 Å². The molecule has 1 aromatic carbocycles. The fourth-order valence-corrected chi connectivity index (χ4v) is 3.22. The SMILES string of the molecule is CC(Oc1cc(Cl)cc(Cl)c1)C(=O)N1CCC(C(C)O)CC1. The average Bonchev–Trinajstić information content (AvgIpc) is 2.45. The molecule has 1 aromatic rings. The van der Waals surface area contributed by atoms with Gasteiger partial charge >= 0.3 is 0 Å². The molecule has 122 valence electrons. The second-order valence-electron chi connectivity index (χ2n) is 5.77. The summed E-state index contributed by atoms with van der Waals surface area (Å²) < 4.78 is 5.66. The van der Waals surface area contributed by atoms with Gasteiger partial charge < -0.3 is 14.7 Å². The summed E-state index contributed by atoms with van der Waals surface area (Å²) in [4.78, 5) is 14.2. The maximum Gasteiger partial charge on any atom is 0.263 e. The molecule has 22 heavy (non-hydrogen) atoms. The van der Waals surface area contributed by atoms with Crippen LogP contribution in [0.2, 0.25) is 10.0 Å². The van der Waals surface area contributed by atoms with E-state index in [-0.39, 0.29) is 17.9 Å². The Balaban J connectivity index is 1.92. The lowest BCUT2D eigenvalue weighted by molar-refractivity contribution is -0.139. The zero-order chi connectivity index (χ0) is 16.3. The van der Waals surface area contributed by atoms with E-state index >= 15 is 0 Å². The zero-order valence-corrected chi connectivity index (χ0v) is 14.3. The molecule has 0 aromatic heterocycles. The first-order valence-corrected chi connectivity index (χ1v) is 8.22. The Kier molecular flexibility index (Phi) is 5.95. The summed E-state index contributed by atoms with van der Waals surface area (Å²) in [7, 11) is 0. The lowest BCUT2D eigenvalue weighted by Crippen LogP contribution is -2.46. The van der Waals surface area contributed by atoms with Gasteiger partial charge in [0.2, 0.25) is 0 Å². The molecule has 2 unspecified atom stereocenters. The molecule has 0 spiro atoms. The summed E-state index contributed by atoms with van der Waals surface area (Å²) in [5.41, 5.74) is 0. The number of halogens is 2. The van der Waals surface area contributed by atoms with Crippen LogP contribution in [-0.4, -0.2) is 41.2 Å². The Morgan fingerprint density at radius 1 is 1.23 bits per heavy atom. The van der Waals surface area contributed by atoms with Gasteiger partial charge in [-0.15, -0.1) is 0 Å². The van der Waals surface area contributed by atoms with E-state index < -0.39 is 6.10 Å². The number of ether oxygens (including phenoxy) is 1. The molecule has 1 aliphatic rings. The maximum absolute atomic E-state index is 12.4. The molecule has 1 N–H and O–H groups in total. The summed E-state index contributed by atoms with van der Waals surface area (Å²) in [5.74, 6) is 0.698.